The second kappa shape index (κ2) is 16.0. The predicted molar refractivity (Wildman–Crippen MR) is 210 cm³/mol. The fourth-order valence-corrected chi connectivity index (χ4v) is 9.25. The summed E-state index contributed by atoms with van der Waals surface area (Å²) in [6, 6.07) is -0.339. The molecule has 0 aromatic carbocycles. The summed E-state index contributed by atoms with van der Waals surface area (Å²) in [4.78, 5) is 34.2. The van der Waals surface area contributed by atoms with Crippen LogP contribution in [0.3, 0.4) is 0 Å². The lowest BCUT2D eigenvalue weighted by molar-refractivity contribution is -0.147. The van der Waals surface area contributed by atoms with Gasteiger partial charge in [0.05, 0.1) is 19.3 Å². The summed E-state index contributed by atoms with van der Waals surface area (Å²) in [5.74, 6) is -1.39. The third-order valence-corrected chi connectivity index (χ3v) is 12.5. The molecular formula is C44H60N4O5. The first kappa shape index (κ1) is 38.5. The Labute approximate surface area is 314 Å². The summed E-state index contributed by atoms with van der Waals surface area (Å²) in [7, 11) is 1.38. The van der Waals surface area contributed by atoms with Crippen LogP contribution in [-0.4, -0.2) is 46.8 Å². The van der Waals surface area contributed by atoms with E-state index in [9.17, 15) is 14.7 Å². The van der Waals surface area contributed by atoms with Crippen molar-refractivity contribution in [1.82, 2.24) is 20.6 Å². The number of hydrogen-bond acceptors (Lipinski definition) is 7. The average Bonchev–Trinajstić information content (AvgIpc) is 3.87. The lowest BCUT2D eigenvalue weighted by Crippen LogP contribution is -2.37. The number of aliphatic hydroxyl groups is 1. The van der Waals surface area contributed by atoms with Crippen LogP contribution in [0.2, 0.25) is 0 Å². The Morgan fingerprint density at radius 2 is 1.74 bits per heavy atom. The molecule has 1 saturated heterocycles. The van der Waals surface area contributed by atoms with Crippen LogP contribution in [0.1, 0.15) is 126 Å². The van der Waals surface area contributed by atoms with Crippen molar-refractivity contribution >= 4 is 29.7 Å². The molecule has 2 aromatic rings. The molecule has 1 unspecified atom stereocenters. The van der Waals surface area contributed by atoms with Gasteiger partial charge >= 0.3 is 11.9 Å². The zero-order valence-electron chi connectivity index (χ0n) is 33.2. The zero-order valence-corrected chi connectivity index (χ0v) is 33.2. The van der Waals surface area contributed by atoms with Crippen molar-refractivity contribution in [3.05, 3.63) is 84.7 Å². The number of aliphatic hydroxyl groups excluding tert-OH is 1. The first-order valence-electron chi connectivity index (χ1n) is 19.8. The van der Waals surface area contributed by atoms with Gasteiger partial charge in [0.15, 0.2) is 0 Å². The number of methoxy groups -OCH3 is 1. The van der Waals surface area contributed by atoms with Gasteiger partial charge in [-0.25, -0.2) is 0 Å². The van der Waals surface area contributed by atoms with Crippen molar-refractivity contribution in [2.45, 2.75) is 119 Å². The van der Waals surface area contributed by atoms with Gasteiger partial charge in [-0.2, -0.15) is 0 Å². The molecule has 0 spiro atoms. The van der Waals surface area contributed by atoms with Gasteiger partial charge in [-0.1, -0.05) is 46.1 Å². The van der Waals surface area contributed by atoms with Crippen LogP contribution in [0.25, 0.3) is 17.7 Å². The summed E-state index contributed by atoms with van der Waals surface area (Å²) < 4.78 is 11.1. The third-order valence-electron chi connectivity index (χ3n) is 12.5. The fraction of sp³-hybridized carbons (Fsp3) is 0.545. The molecule has 0 radical (unpaired) electrons. The van der Waals surface area contributed by atoms with Crippen molar-refractivity contribution in [3.8, 4) is 0 Å². The largest absolute Gasteiger partial charge is 0.468 e. The SMILES string of the molecule is CCCCC/C(C)=C/COC(=O)CC[C@@H]1C2N/C(=C\C3=C(C)[C@H](CC)/C(=C/c4[nH]c(c(CC)c4C)/C=c4\[nH]c5c(c4C)[C@H](O)[C@H](C(=O)OC)C=52)N3)[C@H]1C. The number of rotatable bonds is 12. The first-order valence-corrected chi connectivity index (χ1v) is 19.8. The number of aromatic amines is 2. The summed E-state index contributed by atoms with van der Waals surface area (Å²) in [5.41, 5.74) is 12.8. The van der Waals surface area contributed by atoms with Gasteiger partial charge < -0.3 is 35.2 Å². The van der Waals surface area contributed by atoms with E-state index in [-0.39, 0.29) is 42.8 Å². The Hall–Kier alpha value is -4.24. The Bertz CT molecular complexity index is 2010. The molecular weight excluding hydrogens is 665 g/mol. The molecule has 9 nitrogen and oxygen atoms in total. The van der Waals surface area contributed by atoms with Crippen molar-refractivity contribution in [3.63, 3.8) is 0 Å². The van der Waals surface area contributed by atoms with Gasteiger partial charge in [-0.15, -0.1) is 0 Å². The zero-order chi connectivity index (χ0) is 38.1. The number of esters is 2. The number of carbonyl (C=O) groups excluding carboxylic acids is 2. The molecule has 53 heavy (non-hydrogen) atoms. The first-order chi connectivity index (χ1) is 25.4. The molecule has 3 aliphatic heterocycles. The maximum atomic E-state index is 13.6. The van der Waals surface area contributed by atoms with E-state index in [1.807, 2.05) is 13.0 Å². The van der Waals surface area contributed by atoms with Crippen LogP contribution < -0.4 is 21.3 Å². The van der Waals surface area contributed by atoms with E-state index in [1.54, 1.807) is 0 Å². The van der Waals surface area contributed by atoms with E-state index in [4.69, 9.17) is 9.47 Å². The summed E-state index contributed by atoms with van der Waals surface area (Å²) in [6.07, 6.45) is 14.7. The van der Waals surface area contributed by atoms with E-state index in [0.717, 1.165) is 75.9 Å². The average molecular weight is 725 g/mol. The minimum absolute atomic E-state index is 0.0216. The second-order valence-corrected chi connectivity index (χ2v) is 15.6. The highest BCUT2D eigenvalue weighted by molar-refractivity contribution is 5.88. The quantitative estimate of drug-likeness (QED) is 0.0954. The van der Waals surface area contributed by atoms with Gasteiger partial charge in [0.1, 0.15) is 12.5 Å². The molecule has 5 heterocycles. The van der Waals surface area contributed by atoms with Crippen molar-refractivity contribution in [2.24, 2.45) is 23.7 Å². The second-order valence-electron chi connectivity index (χ2n) is 15.6. The highest BCUT2D eigenvalue weighted by Crippen LogP contribution is 2.45. The van der Waals surface area contributed by atoms with E-state index in [1.165, 1.54) is 47.9 Å². The van der Waals surface area contributed by atoms with Crippen molar-refractivity contribution in [2.75, 3.05) is 13.7 Å². The lowest BCUT2D eigenvalue weighted by Gasteiger charge is -2.27. The van der Waals surface area contributed by atoms with Crippen LogP contribution in [-0.2, 0) is 25.5 Å². The number of hydrogen-bond donors (Lipinski definition) is 5. The molecule has 1 aliphatic carbocycles. The van der Waals surface area contributed by atoms with Crippen molar-refractivity contribution in [1.29, 1.82) is 0 Å². The maximum Gasteiger partial charge on any atom is 0.315 e. The number of H-pyrrole nitrogens is 2. The monoisotopic (exact) mass is 724 g/mol. The number of ether oxygens (including phenoxy) is 2. The van der Waals surface area contributed by atoms with Gasteiger partial charge in [-0.3, -0.25) is 9.59 Å². The van der Waals surface area contributed by atoms with Gasteiger partial charge in [0, 0.05) is 63.0 Å². The minimum atomic E-state index is -1.07. The molecule has 6 rings (SSSR count). The van der Waals surface area contributed by atoms with E-state index in [0.29, 0.717) is 6.42 Å². The molecule has 4 aliphatic rings. The van der Waals surface area contributed by atoms with E-state index < -0.39 is 18.0 Å². The highest BCUT2D eigenvalue weighted by atomic mass is 16.5. The van der Waals surface area contributed by atoms with Crippen LogP contribution in [0.5, 0.6) is 0 Å². The molecule has 0 amide bonds. The number of fused-ring (bicyclic) bond motifs is 8. The van der Waals surface area contributed by atoms with Crippen LogP contribution >= 0.6 is 0 Å². The van der Waals surface area contributed by atoms with E-state index in [2.05, 4.69) is 87.3 Å². The molecule has 286 valence electrons. The Morgan fingerprint density at radius 3 is 2.43 bits per heavy atom. The maximum absolute atomic E-state index is 13.6. The minimum Gasteiger partial charge on any atom is -0.468 e. The number of allylic oxidation sites excluding steroid dienone is 4. The van der Waals surface area contributed by atoms with Gasteiger partial charge in [0.2, 0.25) is 0 Å². The Morgan fingerprint density at radius 1 is 0.962 bits per heavy atom. The predicted octanol–water partition coefficient (Wildman–Crippen LogP) is 6.55. The molecule has 1 fully saturated rings. The van der Waals surface area contributed by atoms with Crippen LogP contribution in [0, 0.1) is 37.5 Å². The van der Waals surface area contributed by atoms with Gasteiger partial charge in [-0.05, 0) is 118 Å². The smallest absolute Gasteiger partial charge is 0.315 e. The number of unbranched alkanes of at least 4 members (excludes halogenated alkanes) is 2. The normalized spacial score (nSPS) is 27.4. The summed E-state index contributed by atoms with van der Waals surface area (Å²) >= 11 is 0. The summed E-state index contributed by atoms with van der Waals surface area (Å²) in [6.45, 7) is 17.6. The number of carbonyl (C=O) groups is 2. The standard InChI is InChI=1S/C44H60N4O5/c1-10-13-14-15-23(4)18-19-53-37(49)17-16-30-26(7)33-20-31-24(5)28(11-2)35(45-31)21-32-25(6)29(12-3)36(46-32)22-34-27(8)38-42(48-34)39(41(30)47-33)40(43(38)50)44(51)52-9/h18,20-22,26,28,30,40-41,43,45-48,50H,10-17,19H2,1-9H3/b23-18+,33-20-,34-22-,35-21-/t26-,28-,30-,40+,41?,43-/m0/s1. The Kier molecular flexibility index (Phi) is 11.6. The Balaban J connectivity index is 1.46. The van der Waals surface area contributed by atoms with Crippen molar-refractivity contribution < 1.29 is 24.2 Å². The molecule has 5 N–H and O–H groups in total. The number of nitrogens with one attached hydrogen (secondary N) is 4. The summed E-state index contributed by atoms with van der Waals surface area (Å²) in [5, 5.41) is 21.2. The molecule has 8 bridgehead atoms. The lowest BCUT2D eigenvalue weighted by atomic mass is 9.80. The van der Waals surface area contributed by atoms with E-state index >= 15 is 0 Å². The third kappa shape index (κ3) is 7.21. The molecule has 9 heteroatoms. The van der Waals surface area contributed by atoms with Crippen LogP contribution in [0.4, 0.5) is 0 Å². The number of aromatic nitrogens is 2. The van der Waals surface area contributed by atoms with Gasteiger partial charge in [0.25, 0.3) is 0 Å². The molecule has 2 aromatic heterocycles. The van der Waals surface area contributed by atoms with Crippen LogP contribution in [0.15, 0.2) is 40.4 Å². The highest BCUT2D eigenvalue weighted by Gasteiger charge is 2.49. The molecule has 0 saturated carbocycles. The molecule has 6 atom stereocenters. The topological polar surface area (TPSA) is 128 Å². The fourth-order valence-electron chi connectivity index (χ4n) is 9.25.